The van der Waals surface area contributed by atoms with Gasteiger partial charge in [0.05, 0.1) is 11.9 Å². The SMILES string of the molecule is CN(C(=O)C1CCC1)c1ccc(N)cn1. The van der Waals surface area contributed by atoms with Crippen molar-refractivity contribution >= 4 is 17.4 Å². The zero-order valence-electron chi connectivity index (χ0n) is 8.81. The van der Waals surface area contributed by atoms with E-state index < -0.39 is 0 Å². The van der Waals surface area contributed by atoms with Gasteiger partial charge in [-0.2, -0.15) is 0 Å². The maximum absolute atomic E-state index is 11.9. The van der Waals surface area contributed by atoms with Crippen molar-refractivity contribution in [2.45, 2.75) is 19.3 Å². The van der Waals surface area contributed by atoms with Gasteiger partial charge in [-0.3, -0.25) is 9.69 Å². The molecule has 1 aliphatic carbocycles. The number of rotatable bonds is 2. The highest BCUT2D eigenvalue weighted by atomic mass is 16.2. The molecule has 0 unspecified atom stereocenters. The molecule has 0 spiro atoms. The Balaban J connectivity index is 2.09. The largest absolute Gasteiger partial charge is 0.397 e. The maximum atomic E-state index is 11.9. The highest BCUT2D eigenvalue weighted by molar-refractivity contribution is 5.94. The number of nitrogens with two attached hydrogens (primary N) is 1. The number of carbonyl (C=O) groups excluding carboxylic acids is 1. The quantitative estimate of drug-likeness (QED) is 0.794. The molecule has 1 heterocycles. The van der Waals surface area contributed by atoms with Crippen molar-refractivity contribution in [1.29, 1.82) is 0 Å². The van der Waals surface area contributed by atoms with E-state index in [1.165, 1.54) is 6.42 Å². The van der Waals surface area contributed by atoms with Gasteiger partial charge in [-0.05, 0) is 25.0 Å². The number of anilines is 2. The second-order valence-corrected chi connectivity index (χ2v) is 3.97. The Morgan fingerprint density at radius 3 is 2.73 bits per heavy atom. The lowest BCUT2D eigenvalue weighted by Crippen LogP contribution is -2.36. The van der Waals surface area contributed by atoms with E-state index in [0.29, 0.717) is 11.5 Å². The van der Waals surface area contributed by atoms with Gasteiger partial charge in [0.25, 0.3) is 0 Å². The van der Waals surface area contributed by atoms with E-state index in [1.54, 1.807) is 30.3 Å². The number of hydrogen-bond donors (Lipinski definition) is 1. The number of carbonyl (C=O) groups is 1. The molecule has 15 heavy (non-hydrogen) atoms. The van der Waals surface area contributed by atoms with E-state index in [0.717, 1.165) is 12.8 Å². The first-order chi connectivity index (χ1) is 7.18. The van der Waals surface area contributed by atoms with Crippen molar-refractivity contribution in [2.24, 2.45) is 5.92 Å². The van der Waals surface area contributed by atoms with E-state index in [9.17, 15) is 4.79 Å². The van der Waals surface area contributed by atoms with Gasteiger partial charge in [0.15, 0.2) is 0 Å². The maximum Gasteiger partial charge on any atom is 0.230 e. The number of amides is 1. The van der Waals surface area contributed by atoms with Gasteiger partial charge in [0.1, 0.15) is 5.82 Å². The van der Waals surface area contributed by atoms with Crippen LogP contribution in [0.2, 0.25) is 0 Å². The first-order valence-corrected chi connectivity index (χ1v) is 5.17. The second-order valence-electron chi connectivity index (χ2n) is 3.97. The Morgan fingerprint density at radius 1 is 1.53 bits per heavy atom. The van der Waals surface area contributed by atoms with E-state index >= 15 is 0 Å². The molecule has 1 aromatic rings. The zero-order chi connectivity index (χ0) is 10.8. The fourth-order valence-corrected chi connectivity index (χ4v) is 1.64. The molecule has 1 amide bonds. The first-order valence-electron chi connectivity index (χ1n) is 5.17. The monoisotopic (exact) mass is 205 g/mol. The molecule has 1 aromatic heterocycles. The summed E-state index contributed by atoms with van der Waals surface area (Å²) in [7, 11) is 1.76. The summed E-state index contributed by atoms with van der Waals surface area (Å²) < 4.78 is 0. The van der Waals surface area contributed by atoms with Gasteiger partial charge >= 0.3 is 0 Å². The average molecular weight is 205 g/mol. The lowest BCUT2D eigenvalue weighted by Gasteiger charge is -2.28. The molecule has 0 aliphatic heterocycles. The van der Waals surface area contributed by atoms with Gasteiger partial charge in [0.2, 0.25) is 5.91 Å². The fourth-order valence-electron chi connectivity index (χ4n) is 1.64. The molecule has 2 rings (SSSR count). The third kappa shape index (κ3) is 1.93. The molecule has 0 aromatic carbocycles. The van der Waals surface area contributed by atoms with Crippen LogP contribution >= 0.6 is 0 Å². The van der Waals surface area contributed by atoms with Gasteiger partial charge in [0, 0.05) is 13.0 Å². The Kier molecular flexibility index (Phi) is 2.58. The molecule has 4 heteroatoms. The van der Waals surface area contributed by atoms with Gasteiger partial charge in [-0.1, -0.05) is 6.42 Å². The van der Waals surface area contributed by atoms with Crippen LogP contribution in [0.3, 0.4) is 0 Å². The second kappa shape index (κ2) is 3.88. The van der Waals surface area contributed by atoms with Crippen molar-refractivity contribution in [2.75, 3.05) is 17.7 Å². The van der Waals surface area contributed by atoms with Crippen LogP contribution in [0.25, 0.3) is 0 Å². The first kappa shape index (κ1) is 9.96. The van der Waals surface area contributed by atoms with E-state index in [-0.39, 0.29) is 11.8 Å². The van der Waals surface area contributed by atoms with Gasteiger partial charge in [-0.25, -0.2) is 4.98 Å². The van der Waals surface area contributed by atoms with Gasteiger partial charge in [-0.15, -0.1) is 0 Å². The molecule has 4 nitrogen and oxygen atoms in total. The number of nitrogen functional groups attached to an aromatic ring is 1. The summed E-state index contributed by atoms with van der Waals surface area (Å²) in [5.41, 5.74) is 6.15. The van der Waals surface area contributed by atoms with E-state index in [4.69, 9.17) is 5.73 Å². The summed E-state index contributed by atoms with van der Waals surface area (Å²) in [6, 6.07) is 3.53. The van der Waals surface area contributed by atoms with E-state index in [1.807, 2.05) is 0 Å². The standard InChI is InChI=1S/C11H15N3O/c1-14(11(15)8-3-2-4-8)10-6-5-9(12)7-13-10/h5-8H,2-4,12H2,1H3. The Bertz CT molecular complexity index is 357. The minimum Gasteiger partial charge on any atom is -0.397 e. The lowest BCUT2D eigenvalue weighted by molar-refractivity contribution is -0.124. The minimum absolute atomic E-state index is 0.165. The highest BCUT2D eigenvalue weighted by Crippen LogP contribution is 2.29. The lowest BCUT2D eigenvalue weighted by atomic mass is 9.84. The number of hydrogen-bond acceptors (Lipinski definition) is 3. The van der Waals surface area contributed by atoms with Crippen LogP contribution in [0.15, 0.2) is 18.3 Å². The fraction of sp³-hybridized carbons (Fsp3) is 0.455. The smallest absolute Gasteiger partial charge is 0.230 e. The van der Waals surface area contributed by atoms with Crippen molar-refractivity contribution in [3.05, 3.63) is 18.3 Å². The number of aromatic nitrogens is 1. The van der Waals surface area contributed by atoms with Crippen LogP contribution in [-0.2, 0) is 4.79 Å². The van der Waals surface area contributed by atoms with Crippen LogP contribution in [0.5, 0.6) is 0 Å². The molecule has 0 saturated heterocycles. The van der Waals surface area contributed by atoms with Crippen LogP contribution in [0, 0.1) is 5.92 Å². The van der Waals surface area contributed by atoms with Crippen molar-refractivity contribution in [3.63, 3.8) is 0 Å². The summed E-state index contributed by atoms with van der Waals surface area (Å²) in [6.45, 7) is 0. The average Bonchev–Trinajstić information content (AvgIpc) is 2.15. The normalized spacial score (nSPS) is 15.8. The van der Waals surface area contributed by atoms with Crippen LogP contribution in [-0.4, -0.2) is 17.9 Å². The van der Waals surface area contributed by atoms with Gasteiger partial charge < -0.3 is 5.73 Å². The summed E-state index contributed by atoms with van der Waals surface area (Å²) in [5, 5.41) is 0. The molecule has 80 valence electrons. The van der Waals surface area contributed by atoms with E-state index in [2.05, 4.69) is 4.98 Å². The molecule has 2 N–H and O–H groups in total. The van der Waals surface area contributed by atoms with Crippen molar-refractivity contribution in [3.8, 4) is 0 Å². The molecule has 1 saturated carbocycles. The minimum atomic E-state index is 0.165. The van der Waals surface area contributed by atoms with Crippen LogP contribution < -0.4 is 10.6 Å². The summed E-state index contributed by atoms with van der Waals surface area (Å²) in [6.07, 6.45) is 4.76. The van der Waals surface area contributed by atoms with Crippen molar-refractivity contribution in [1.82, 2.24) is 4.98 Å². The molecular formula is C11H15N3O. The molecule has 0 atom stereocenters. The Labute approximate surface area is 89.1 Å². The highest BCUT2D eigenvalue weighted by Gasteiger charge is 2.28. The summed E-state index contributed by atoms with van der Waals surface area (Å²) in [4.78, 5) is 17.6. The molecular weight excluding hydrogens is 190 g/mol. The number of nitrogens with zero attached hydrogens (tertiary/aromatic N) is 2. The molecule has 1 aliphatic rings. The molecule has 0 radical (unpaired) electrons. The zero-order valence-corrected chi connectivity index (χ0v) is 8.81. The third-order valence-electron chi connectivity index (χ3n) is 2.90. The predicted molar refractivity (Wildman–Crippen MR) is 59.4 cm³/mol. The summed E-state index contributed by atoms with van der Waals surface area (Å²) >= 11 is 0. The topological polar surface area (TPSA) is 59.2 Å². The molecule has 1 fully saturated rings. The summed E-state index contributed by atoms with van der Waals surface area (Å²) in [5.74, 6) is 1.04. The molecule has 0 bridgehead atoms. The van der Waals surface area contributed by atoms with Crippen LogP contribution in [0.1, 0.15) is 19.3 Å². The van der Waals surface area contributed by atoms with Crippen LogP contribution in [0.4, 0.5) is 11.5 Å². The van der Waals surface area contributed by atoms with Crippen molar-refractivity contribution < 1.29 is 4.79 Å². The Hall–Kier alpha value is -1.58. The predicted octanol–water partition coefficient (Wildman–Crippen LogP) is 1.43. The Morgan fingerprint density at radius 2 is 2.27 bits per heavy atom. The third-order valence-corrected chi connectivity index (χ3v) is 2.90. The number of pyridine rings is 1.